The maximum absolute atomic E-state index is 13.6. The average molecular weight is 298 g/mol. The van der Waals surface area contributed by atoms with Gasteiger partial charge >= 0.3 is 0 Å². The highest BCUT2D eigenvalue weighted by Crippen LogP contribution is 2.19. The molecule has 0 bridgehead atoms. The predicted molar refractivity (Wildman–Crippen MR) is 79.5 cm³/mol. The van der Waals surface area contributed by atoms with Crippen LogP contribution in [0, 0.1) is 23.5 Å². The molecule has 0 fully saturated rings. The van der Waals surface area contributed by atoms with Gasteiger partial charge in [0.05, 0.1) is 6.04 Å². The van der Waals surface area contributed by atoms with Gasteiger partial charge in [-0.05, 0) is 49.9 Å². The van der Waals surface area contributed by atoms with Crippen LogP contribution in [0.3, 0.4) is 0 Å². The van der Waals surface area contributed by atoms with Gasteiger partial charge in [0.15, 0.2) is 0 Å². The Morgan fingerprint density at radius 2 is 1.95 bits per heavy atom. The van der Waals surface area contributed by atoms with Crippen LogP contribution in [0.2, 0.25) is 0 Å². The molecule has 0 saturated carbocycles. The molecule has 3 nitrogen and oxygen atoms in total. The standard InChI is InChI=1S/C16H24F2N2O/c1-10(2)6-12(9-19)7-16(21)20-11(3)14-8-13(17)4-5-15(14)18/h4-5,8,10-12H,6-7,9,19H2,1-3H3,(H,20,21)/t11?,12-/m0/s1. The predicted octanol–water partition coefficient (Wildman–Crippen LogP) is 3.15. The van der Waals surface area contributed by atoms with Gasteiger partial charge in [0, 0.05) is 12.0 Å². The zero-order valence-electron chi connectivity index (χ0n) is 12.8. The minimum absolute atomic E-state index is 0.106. The fraction of sp³-hybridized carbons (Fsp3) is 0.562. The fourth-order valence-electron chi connectivity index (χ4n) is 2.42. The van der Waals surface area contributed by atoms with E-state index in [0.717, 1.165) is 24.6 Å². The smallest absolute Gasteiger partial charge is 0.220 e. The minimum atomic E-state index is -0.578. The van der Waals surface area contributed by atoms with Gasteiger partial charge in [0.25, 0.3) is 0 Å². The van der Waals surface area contributed by atoms with Gasteiger partial charge in [-0.2, -0.15) is 0 Å². The Morgan fingerprint density at radius 1 is 1.29 bits per heavy atom. The summed E-state index contributed by atoms with van der Waals surface area (Å²) in [5, 5.41) is 2.70. The summed E-state index contributed by atoms with van der Waals surface area (Å²) in [5.74, 6) is -0.671. The molecule has 0 aliphatic heterocycles. The molecule has 2 atom stereocenters. The number of nitrogens with two attached hydrogens (primary N) is 1. The zero-order chi connectivity index (χ0) is 16.0. The lowest BCUT2D eigenvalue weighted by molar-refractivity contribution is -0.122. The first-order valence-electron chi connectivity index (χ1n) is 7.27. The topological polar surface area (TPSA) is 55.1 Å². The molecule has 118 valence electrons. The van der Waals surface area contributed by atoms with Crippen molar-refractivity contribution in [1.82, 2.24) is 5.32 Å². The van der Waals surface area contributed by atoms with Crippen LogP contribution in [0.25, 0.3) is 0 Å². The average Bonchev–Trinajstić information content (AvgIpc) is 2.39. The second kappa shape index (κ2) is 8.08. The van der Waals surface area contributed by atoms with Crippen LogP contribution < -0.4 is 11.1 Å². The van der Waals surface area contributed by atoms with Crippen LogP contribution >= 0.6 is 0 Å². The maximum atomic E-state index is 13.6. The molecular weight excluding hydrogens is 274 g/mol. The molecular formula is C16H24F2N2O. The Labute approximate surface area is 124 Å². The van der Waals surface area contributed by atoms with E-state index in [1.807, 2.05) is 0 Å². The third kappa shape index (κ3) is 5.79. The monoisotopic (exact) mass is 298 g/mol. The summed E-state index contributed by atoms with van der Waals surface area (Å²) in [4.78, 5) is 12.0. The summed E-state index contributed by atoms with van der Waals surface area (Å²) in [6.07, 6.45) is 1.17. The third-order valence-electron chi connectivity index (χ3n) is 3.41. The molecule has 0 aromatic heterocycles. The molecule has 1 aromatic carbocycles. The van der Waals surface area contributed by atoms with Crippen LogP contribution in [0.4, 0.5) is 8.78 Å². The molecule has 0 radical (unpaired) electrons. The maximum Gasteiger partial charge on any atom is 0.220 e. The number of halogens is 2. The second-order valence-electron chi connectivity index (χ2n) is 5.89. The van der Waals surface area contributed by atoms with Crippen molar-refractivity contribution in [1.29, 1.82) is 0 Å². The van der Waals surface area contributed by atoms with E-state index in [0.29, 0.717) is 18.9 Å². The van der Waals surface area contributed by atoms with Crippen LogP contribution in [0.15, 0.2) is 18.2 Å². The van der Waals surface area contributed by atoms with Crippen LogP contribution in [0.5, 0.6) is 0 Å². The number of hydrogen-bond acceptors (Lipinski definition) is 2. The number of nitrogens with one attached hydrogen (secondary N) is 1. The Morgan fingerprint density at radius 3 is 2.52 bits per heavy atom. The molecule has 1 unspecified atom stereocenters. The lowest BCUT2D eigenvalue weighted by Gasteiger charge is -2.19. The Hall–Kier alpha value is -1.49. The fourth-order valence-corrected chi connectivity index (χ4v) is 2.42. The lowest BCUT2D eigenvalue weighted by Crippen LogP contribution is -2.31. The third-order valence-corrected chi connectivity index (χ3v) is 3.41. The van der Waals surface area contributed by atoms with E-state index >= 15 is 0 Å². The van der Waals surface area contributed by atoms with Crippen molar-refractivity contribution in [2.75, 3.05) is 6.54 Å². The van der Waals surface area contributed by atoms with Gasteiger partial charge in [-0.1, -0.05) is 13.8 Å². The number of benzene rings is 1. The van der Waals surface area contributed by atoms with Crippen molar-refractivity contribution >= 4 is 5.91 Å². The van der Waals surface area contributed by atoms with E-state index in [1.54, 1.807) is 6.92 Å². The molecule has 1 amide bonds. The van der Waals surface area contributed by atoms with Crippen LogP contribution in [0.1, 0.15) is 45.2 Å². The molecule has 3 N–H and O–H groups in total. The molecule has 5 heteroatoms. The first kappa shape index (κ1) is 17.6. The number of carbonyl (C=O) groups is 1. The van der Waals surface area contributed by atoms with Gasteiger partial charge in [-0.3, -0.25) is 4.79 Å². The first-order valence-corrected chi connectivity index (χ1v) is 7.27. The van der Waals surface area contributed by atoms with Gasteiger partial charge in [0.2, 0.25) is 5.91 Å². The number of amides is 1. The first-order chi connectivity index (χ1) is 9.83. The van der Waals surface area contributed by atoms with Crippen molar-refractivity contribution in [2.24, 2.45) is 17.6 Å². The Balaban J connectivity index is 2.63. The van der Waals surface area contributed by atoms with Gasteiger partial charge < -0.3 is 11.1 Å². The molecule has 0 spiro atoms. The molecule has 0 aliphatic rings. The molecule has 21 heavy (non-hydrogen) atoms. The number of rotatable bonds is 7. The van der Waals surface area contributed by atoms with Gasteiger partial charge in [-0.25, -0.2) is 8.78 Å². The summed E-state index contributed by atoms with van der Waals surface area (Å²) in [7, 11) is 0. The Bertz CT molecular complexity index is 477. The van der Waals surface area contributed by atoms with Crippen LogP contribution in [-0.2, 0) is 4.79 Å². The van der Waals surface area contributed by atoms with Crippen molar-refractivity contribution in [2.45, 2.75) is 39.7 Å². The highest BCUT2D eigenvalue weighted by Gasteiger charge is 2.18. The normalized spacial score (nSPS) is 14.0. The van der Waals surface area contributed by atoms with E-state index in [9.17, 15) is 13.6 Å². The largest absolute Gasteiger partial charge is 0.349 e. The number of carbonyl (C=O) groups excluding carboxylic acids is 1. The van der Waals surface area contributed by atoms with Crippen LogP contribution in [-0.4, -0.2) is 12.5 Å². The SMILES string of the molecule is CC(C)C[C@H](CN)CC(=O)NC(C)c1cc(F)ccc1F. The molecule has 1 aromatic rings. The minimum Gasteiger partial charge on any atom is -0.349 e. The lowest BCUT2D eigenvalue weighted by atomic mass is 9.94. The van der Waals surface area contributed by atoms with Crippen molar-refractivity contribution in [3.05, 3.63) is 35.4 Å². The summed E-state index contributed by atoms with van der Waals surface area (Å²) >= 11 is 0. The summed E-state index contributed by atoms with van der Waals surface area (Å²) in [6.45, 7) is 6.22. The van der Waals surface area contributed by atoms with Gasteiger partial charge in [-0.15, -0.1) is 0 Å². The van der Waals surface area contributed by atoms with Crippen molar-refractivity contribution in [3.8, 4) is 0 Å². The second-order valence-corrected chi connectivity index (χ2v) is 5.89. The van der Waals surface area contributed by atoms with E-state index in [2.05, 4.69) is 19.2 Å². The zero-order valence-corrected chi connectivity index (χ0v) is 12.8. The molecule has 0 saturated heterocycles. The number of hydrogen-bond donors (Lipinski definition) is 2. The Kier molecular flexibility index (Phi) is 6.75. The summed E-state index contributed by atoms with van der Waals surface area (Å²) in [5.41, 5.74) is 5.82. The highest BCUT2D eigenvalue weighted by atomic mass is 19.1. The van der Waals surface area contributed by atoms with Crippen molar-refractivity contribution in [3.63, 3.8) is 0 Å². The molecule has 0 aliphatic carbocycles. The highest BCUT2D eigenvalue weighted by molar-refractivity contribution is 5.76. The molecule has 1 rings (SSSR count). The van der Waals surface area contributed by atoms with Gasteiger partial charge in [0.1, 0.15) is 11.6 Å². The van der Waals surface area contributed by atoms with Crippen molar-refractivity contribution < 1.29 is 13.6 Å². The van der Waals surface area contributed by atoms with E-state index in [-0.39, 0.29) is 17.4 Å². The van der Waals surface area contributed by atoms with E-state index in [1.165, 1.54) is 0 Å². The van der Waals surface area contributed by atoms with E-state index in [4.69, 9.17) is 5.73 Å². The summed E-state index contributed by atoms with van der Waals surface area (Å²) < 4.78 is 26.8. The quantitative estimate of drug-likeness (QED) is 0.812. The van der Waals surface area contributed by atoms with E-state index < -0.39 is 17.7 Å². The molecule has 0 heterocycles. The summed E-state index contributed by atoms with van der Waals surface area (Å²) in [6, 6.07) is 2.65.